The molecule has 110 valence electrons. The number of halogens is 1. The lowest BCUT2D eigenvalue weighted by atomic mass is 10.4. The molecule has 2 saturated carbocycles. The zero-order chi connectivity index (χ0) is 14.4. The van der Waals surface area contributed by atoms with Crippen molar-refractivity contribution in [1.82, 2.24) is 24.7 Å². The highest BCUT2D eigenvalue weighted by atomic mass is 79.9. The number of nitrogens with zero attached hydrogens (tertiary/aromatic N) is 5. The minimum absolute atomic E-state index is 0.586. The van der Waals surface area contributed by atoms with Gasteiger partial charge in [0, 0.05) is 25.2 Å². The van der Waals surface area contributed by atoms with Gasteiger partial charge in [-0.15, -0.1) is 10.2 Å². The second-order valence-electron chi connectivity index (χ2n) is 5.41. The molecule has 0 radical (unpaired) electrons. The van der Waals surface area contributed by atoms with Crippen molar-refractivity contribution in [3.63, 3.8) is 0 Å². The summed E-state index contributed by atoms with van der Waals surface area (Å²) in [5, 5.41) is 13.6. The first kappa shape index (κ1) is 13.5. The van der Waals surface area contributed by atoms with Crippen LogP contribution < -0.4 is 5.32 Å². The van der Waals surface area contributed by atoms with E-state index in [0.717, 1.165) is 14.7 Å². The Morgan fingerprint density at radius 2 is 2.10 bits per heavy atom. The molecule has 2 aromatic rings. The summed E-state index contributed by atoms with van der Waals surface area (Å²) in [5.74, 6) is 2.40. The van der Waals surface area contributed by atoms with Crippen LogP contribution in [0.15, 0.2) is 20.9 Å². The second kappa shape index (κ2) is 5.24. The Kier molecular flexibility index (Phi) is 3.37. The summed E-state index contributed by atoms with van der Waals surface area (Å²) in [7, 11) is 1.82. The lowest BCUT2D eigenvalue weighted by Crippen LogP contribution is -2.02. The Balaban J connectivity index is 1.68. The standard InChI is InChI=1S/C13H15BrN6S/c1-15-12-16-6-9(14)11(17-12)21-13-19-18-10(7-2-3-7)20(13)8-4-5-8/h6-8H,2-5H2,1H3,(H,15,16,17). The number of hydrogen-bond donors (Lipinski definition) is 1. The molecule has 2 aliphatic carbocycles. The van der Waals surface area contributed by atoms with E-state index in [0.29, 0.717) is 17.9 Å². The van der Waals surface area contributed by atoms with E-state index in [9.17, 15) is 0 Å². The highest BCUT2D eigenvalue weighted by molar-refractivity contribution is 9.10. The third kappa shape index (κ3) is 2.66. The molecule has 2 heterocycles. The van der Waals surface area contributed by atoms with Gasteiger partial charge < -0.3 is 9.88 Å². The summed E-state index contributed by atoms with van der Waals surface area (Å²) in [4.78, 5) is 8.68. The van der Waals surface area contributed by atoms with Crippen molar-refractivity contribution in [3.05, 3.63) is 16.5 Å². The summed E-state index contributed by atoms with van der Waals surface area (Å²) in [6.45, 7) is 0. The first-order chi connectivity index (χ1) is 10.3. The number of aromatic nitrogens is 5. The highest BCUT2D eigenvalue weighted by Gasteiger charge is 2.36. The molecule has 8 heteroatoms. The van der Waals surface area contributed by atoms with Crippen molar-refractivity contribution < 1.29 is 0 Å². The van der Waals surface area contributed by atoms with Crippen molar-refractivity contribution in [2.75, 3.05) is 12.4 Å². The van der Waals surface area contributed by atoms with Gasteiger partial charge in [0.2, 0.25) is 5.95 Å². The summed E-state index contributed by atoms with van der Waals surface area (Å²) < 4.78 is 3.21. The van der Waals surface area contributed by atoms with Gasteiger partial charge >= 0.3 is 0 Å². The lowest BCUT2D eigenvalue weighted by molar-refractivity contribution is 0.626. The molecule has 4 rings (SSSR count). The number of rotatable bonds is 5. The van der Waals surface area contributed by atoms with Crippen LogP contribution in [0.25, 0.3) is 0 Å². The van der Waals surface area contributed by atoms with Gasteiger partial charge in [0.05, 0.1) is 4.47 Å². The molecule has 1 N–H and O–H groups in total. The lowest BCUT2D eigenvalue weighted by Gasteiger charge is -2.09. The van der Waals surface area contributed by atoms with Gasteiger partial charge in [0.25, 0.3) is 0 Å². The molecule has 0 amide bonds. The van der Waals surface area contributed by atoms with E-state index < -0.39 is 0 Å². The minimum Gasteiger partial charge on any atom is -0.357 e. The first-order valence-electron chi connectivity index (χ1n) is 7.09. The molecular weight excluding hydrogens is 352 g/mol. The topological polar surface area (TPSA) is 68.5 Å². The number of anilines is 1. The first-order valence-corrected chi connectivity index (χ1v) is 8.70. The van der Waals surface area contributed by atoms with E-state index in [1.165, 1.54) is 31.5 Å². The van der Waals surface area contributed by atoms with Gasteiger partial charge in [-0.05, 0) is 53.4 Å². The van der Waals surface area contributed by atoms with Crippen LogP contribution in [-0.2, 0) is 0 Å². The van der Waals surface area contributed by atoms with Crippen LogP contribution in [0.2, 0.25) is 0 Å². The Morgan fingerprint density at radius 3 is 2.76 bits per heavy atom. The SMILES string of the molecule is CNc1ncc(Br)c(Sc2nnc(C3CC3)n2C2CC2)n1. The predicted molar refractivity (Wildman–Crippen MR) is 83.7 cm³/mol. The van der Waals surface area contributed by atoms with Gasteiger partial charge in [-0.2, -0.15) is 0 Å². The second-order valence-corrected chi connectivity index (χ2v) is 7.23. The summed E-state index contributed by atoms with van der Waals surface area (Å²) >= 11 is 5.07. The van der Waals surface area contributed by atoms with Gasteiger partial charge in [-0.25, -0.2) is 9.97 Å². The van der Waals surface area contributed by atoms with Crippen LogP contribution in [0.1, 0.15) is 43.5 Å². The van der Waals surface area contributed by atoms with Crippen LogP contribution in [0.4, 0.5) is 5.95 Å². The van der Waals surface area contributed by atoms with Crippen molar-refractivity contribution in [2.45, 2.75) is 47.8 Å². The molecular formula is C13H15BrN6S. The highest BCUT2D eigenvalue weighted by Crippen LogP contribution is 2.47. The third-order valence-electron chi connectivity index (χ3n) is 3.67. The Hall–Kier alpha value is -1.15. The Bertz CT molecular complexity index is 679. The third-order valence-corrected chi connectivity index (χ3v) is 5.48. The molecule has 6 nitrogen and oxygen atoms in total. The fourth-order valence-corrected chi connectivity index (χ4v) is 3.60. The Labute approximate surface area is 135 Å². The van der Waals surface area contributed by atoms with Gasteiger partial charge in [-0.1, -0.05) is 0 Å². The molecule has 0 atom stereocenters. The van der Waals surface area contributed by atoms with E-state index in [4.69, 9.17) is 0 Å². The molecule has 0 aliphatic heterocycles. The van der Waals surface area contributed by atoms with Gasteiger partial charge in [-0.3, -0.25) is 0 Å². The summed E-state index contributed by atoms with van der Waals surface area (Å²) in [5.41, 5.74) is 0. The zero-order valence-electron chi connectivity index (χ0n) is 11.6. The van der Waals surface area contributed by atoms with Crippen LogP contribution in [0, 0.1) is 0 Å². The maximum Gasteiger partial charge on any atom is 0.223 e. The minimum atomic E-state index is 0.586. The normalized spacial score (nSPS) is 18.0. The molecule has 0 saturated heterocycles. The van der Waals surface area contributed by atoms with Gasteiger partial charge in [0.15, 0.2) is 5.16 Å². The maximum absolute atomic E-state index is 4.49. The van der Waals surface area contributed by atoms with E-state index in [2.05, 4.69) is 46.0 Å². The monoisotopic (exact) mass is 366 g/mol. The van der Waals surface area contributed by atoms with E-state index in [-0.39, 0.29) is 0 Å². The van der Waals surface area contributed by atoms with E-state index in [1.807, 2.05) is 7.05 Å². The molecule has 0 bridgehead atoms. The molecule has 2 fully saturated rings. The van der Waals surface area contributed by atoms with Crippen molar-refractivity contribution in [3.8, 4) is 0 Å². The molecule has 2 aromatic heterocycles. The average Bonchev–Trinajstić information content (AvgIpc) is 3.40. The molecule has 0 spiro atoms. The number of hydrogen-bond acceptors (Lipinski definition) is 6. The zero-order valence-corrected chi connectivity index (χ0v) is 14.0. The molecule has 2 aliphatic rings. The van der Waals surface area contributed by atoms with Crippen molar-refractivity contribution in [1.29, 1.82) is 0 Å². The van der Waals surface area contributed by atoms with Crippen LogP contribution in [-0.4, -0.2) is 31.8 Å². The quantitative estimate of drug-likeness (QED) is 0.819. The van der Waals surface area contributed by atoms with Crippen LogP contribution in [0.5, 0.6) is 0 Å². The van der Waals surface area contributed by atoms with Crippen molar-refractivity contribution in [2.24, 2.45) is 0 Å². The fraction of sp³-hybridized carbons (Fsp3) is 0.538. The summed E-state index contributed by atoms with van der Waals surface area (Å²) in [6, 6.07) is 0.586. The maximum atomic E-state index is 4.49. The summed E-state index contributed by atoms with van der Waals surface area (Å²) in [6.07, 6.45) is 6.73. The Morgan fingerprint density at radius 1 is 1.29 bits per heavy atom. The van der Waals surface area contributed by atoms with E-state index in [1.54, 1.807) is 18.0 Å². The molecule has 0 aromatic carbocycles. The smallest absolute Gasteiger partial charge is 0.223 e. The molecule has 21 heavy (non-hydrogen) atoms. The van der Waals surface area contributed by atoms with Gasteiger partial charge in [0.1, 0.15) is 10.9 Å². The number of nitrogens with one attached hydrogen (secondary N) is 1. The molecule has 0 unspecified atom stereocenters. The largest absolute Gasteiger partial charge is 0.357 e. The average molecular weight is 367 g/mol. The van der Waals surface area contributed by atoms with Crippen molar-refractivity contribution >= 4 is 33.6 Å². The van der Waals surface area contributed by atoms with Crippen LogP contribution >= 0.6 is 27.7 Å². The predicted octanol–water partition coefficient (Wildman–Crippen LogP) is 3.24. The van der Waals surface area contributed by atoms with E-state index >= 15 is 0 Å². The van der Waals surface area contributed by atoms with Crippen LogP contribution in [0.3, 0.4) is 0 Å². The fourth-order valence-electron chi connectivity index (χ4n) is 2.28.